The molecule has 1 heterocycles. The zero-order chi connectivity index (χ0) is 23.8. The molecule has 33 heavy (non-hydrogen) atoms. The third-order valence-corrected chi connectivity index (χ3v) is 6.64. The molecular formula is C25H18BrCl2N3O2. The standard InChI is InChI=1S/C25H18BrCl2N3O2/c1-25(13-16-6-8-19(26)9-7-16)23(32)31(22-11-20(27)10-21(28)12-22)24(33)30(25)15-18-4-2-17(14-29)3-5-18/h2-12H,13,15H2,1H3. The average Bonchev–Trinajstić information content (AvgIpc) is 2.95. The lowest BCUT2D eigenvalue weighted by Crippen LogP contribution is -2.48. The maximum absolute atomic E-state index is 13.8. The zero-order valence-corrected chi connectivity index (χ0v) is 20.7. The molecule has 3 aromatic carbocycles. The Morgan fingerprint density at radius 1 is 0.939 bits per heavy atom. The summed E-state index contributed by atoms with van der Waals surface area (Å²) in [6.07, 6.45) is 0.325. The van der Waals surface area contributed by atoms with E-state index in [0.717, 1.165) is 20.5 Å². The van der Waals surface area contributed by atoms with E-state index in [2.05, 4.69) is 22.0 Å². The Morgan fingerprint density at radius 3 is 2.09 bits per heavy atom. The van der Waals surface area contributed by atoms with Crippen LogP contribution in [0.3, 0.4) is 0 Å². The summed E-state index contributed by atoms with van der Waals surface area (Å²) in [6.45, 7) is 1.97. The lowest BCUT2D eigenvalue weighted by molar-refractivity contribution is -0.124. The first-order chi connectivity index (χ1) is 15.7. The van der Waals surface area contributed by atoms with Gasteiger partial charge in [-0.3, -0.25) is 4.79 Å². The lowest BCUT2D eigenvalue weighted by atomic mass is 9.90. The number of nitrogens with zero attached hydrogens (tertiary/aromatic N) is 3. The minimum atomic E-state index is -1.15. The second-order valence-electron chi connectivity index (χ2n) is 8.02. The molecule has 8 heteroatoms. The highest BCUT2D eigenvalue weighted by atomic mass is 79.9. The number of carbonyl (C=O) groups excluding carboxylic acids is 2. The molecule has 166 valence electrons. The highest BCUT2D eigenvalue weighted by Gasteiger charge is 2.54. The molecule has 1 atom stereocenters. The molecule has 0 aliphatic carbocycles. The lowest BCUT2D eigenvalue weighted by Gasteiger charge is -2.32. The Bertz CT molecular complexity index is 1250. The van der Waals surface area contributed by atoms with Gasteiger partial charge in [-0.2, -0.15) is 5.26 Å². The predicted molar refractivity (Wildman–Crippen MR) is 132 cm³/mol. The number of anilines is 1. The second kappa shape index (κ2) is 9.18. The summed E-state index contributed by atoms with van der Waals surface area (Å²) in [6, 6.07) is 20.9. The van der Waals surface area contributed by atoms with Crippen LogP contribution in [-0.4, -0.2) is 22.4 Å². The highest BCUT2D eigenvalue weighted by molar-refractivity contribution is 9.10. The molecule has 0 spiro atoms. The van der Waals surface area contributed by atoms with Crippen LogP contribution < -0.4 is 4.90 Å². The van der Waals surface area contributed by atoms with E-state index in [0.29, 0.717) is 27.7 Å². The van der Waals surface area contributed by atoms with Gasteiger partial charge in [0.1, 0.15) is 5.54 Å². The monoisotopic (exact) mass is 541 g/mol. The number of hydrogen-bond donors (Lipinski definition) is 0. The molecule has 1 unspecified atom stereocenters. The molecule has 0 radical (unpaired) electrons. The van der Waals surface area contributed by atoms with E-state index in [-0.39, 0.29) is 12.5 Å². The van der Waals surface area contributed by atoms with Gasteiger partial charge in [-0.15, -0.1) is 0 Å². The number of urea groups is 1. The molecule has 1 aliphatic rings. The quantitative estimate of drug-likeness (QED) is 0.341. The van der Waals surface area contributed by atoms with E-state index in [9.17, 15) is 9.59 Å². The fourth-order valence-corrected chi connectivity index (χ4v) is 4.73. The Hall–Kier alpha value is -2.85. The van der Waals surface area contributed by atoms with Gasteiger partial charge in [0.2, 0.25) is 0 Å². The molecule has 0 bridgehead atoms. The summed E-state index contributed by atoms with van der Waals surface area (Å²) >= 11 is 15.7. The van der Waals surface area contributed by atoms with Crippen LogP contribution in [0, 0.1) is 11.3 Å². The SMILES string of the molecule is CC1(Cc2ccc(Br)cc2)C(=O)N(c2cc(Cl)cc(Cl)c2)C(=O)N1Cc1ccc(C#N)cc1. The maximum Gasteiger partial charge on any atom is 0.332 e. The summed E-state index contributed by atoms with van der Waals surface area (Å²) < 4.78 is 0.926. The number of carbonyl (C=O) groups is 2. The average molecular weight is 543 g/mol. The predicted octanol–water partition coefficient (Wildman–Crippen LogP) is 6.60. The van der Waals surface area contributed by atoms with Gasteiger partial charge >= 0.3 is 6.03 Å². The van der Waals surface area contributed by atoms with Crippen LogP contribution in [0.2, 0.25) is 10.0 Å². The summed E-state index contributed by atoms with van der Waals surface area (Å²) in [5, 5.41) is 9.73. The largest absolute Gasteiger partial charge is 0.332 e. The molecule has 4 rings (SSSR count). The molecular weight excluding hydrogens is 525 g/mol. The van der Waals surface area contributed by atoms with Crippen LogP contribution in [0.25, 0.3) is 0 Å². The van der Waals surface area contributed by atoms with E-state index in [1.807, 2.05) is 24.3 Å². The van der Waals surface area contributed by atoms with Crippen molar-refractivity contribution < 1.29 is 9.59 Å². The summed E-state index contributed by atoms with van der Waals surface area (Å²) in [5.41, 5.74) is 1.43. The van der Waals surface area contributed by atoms with Crippen LogP contribution in [0.15, 0.2) is 71.2 Å². The number of hydrogen-bond acceptors (Lipinski definition) is 3. The van der Waals surface area contributed by atoms with E-state index in [4.69, 9.17) is 28.5 Å². The van der Waals surface area contributed by atoms with Gasteiger partial charge in [-0.1, -0.05) is 63.4 Å². The van der Waals surface area contributed by atoms with E-state index >= 15 is 0 Å². The highest BCUT2D eigenvalue weighted by Crippen LogP contribution is 2.38. The molecule has 0 aromatic heterocycles. The Labute approximate surface area is 210 Å². The van der Waals surface area contributed by atoms with Crippen LogP contribution in [0.5, 0.6) is 0 Å². The molecule has 3 aromatic rings. The van der Waals surface area contributed by atoms with Crippen molar-refractivity contribution in [2.45, 2.75) is 25.4 Å². The Balaban J connectivity index is 1.76. The minimum Gasteiger partial charge on any atom is -0.305 e. The van der Waals surface area contributed by atoms with Gasteiger partial charge in [-0.25, -0.2) is 9.69 Å². The first-order valence-corrected chi connectivity index (χ1v) is 11.6. The topological polar surface area (TPSA) is 64.4 Å². The van der Waals surface area contributed by atoms with Crippen molar-refractivity contribution in [3.05, 3.63) is 97.9 Å². The molecule has 5 nitrogen and oxygen atoms in total. The number of nitriles is 1. The van der Waals surface area contributed by atoms with Crippen molar-refractivity contribution in [2.75, 3.05) is 4.90 Å². The third-order valence-electron chi connectivity index (χ3n) is 5.67. The molecule has 0 N–H and O–H groups in total. The van der Waals surface area contributed by atoms with Gasteiger partial charge in [0, 0.05) is 27.5 Å². The fourth-order valence-electron chi connectivity index (χ4n) is 3.95. The van der Waals surface area contributed by atoms with Crippen molar-refractivity contribution in [3.63, 3.8) is 0 Å². The van der Waals surface area contributed by atoms with Crippen molar-refractivity contribution in [3.8, 4) is 6.07 Å². The van der Waals surface area contributed by atoms with Gasteiger partial charge in [0.05, 0.1) is 17.3 Å². The van der Waals surface area contributed by atoms with Crippen molar-refractivity contribution in [1.82, 2.24) is 4.90 Å². The zero-order valence-electron chi connectivity index (χ0n) is 17.6. The summed E-state index contributed by atoms with van der Waals surface area (Å²) in [7, 11) is 0. The maximum atomic E-state index is 13.8. The Kier molecular flexibility index (Phi) is 6.49. The smallest absolute Gasteiger partial charge is 0.305 e. The first kappa shape index (κ1) is 23.3. The first-order valence-electron chi connectivity index (χ1n) is 10.1. The number of imide groups is 1. The Morgan fingerprint density at radius 2 is 1.52 bits per heavy atom. The molecule has 1 fully saturated rings. The van der Waals surface area contributed by atoms with Gasteiger partial charge in [0.25, 0.3) is 5.91 Å². The number of amides is 3. The van der Waals surface area contributed by atoms with E-state index in [1.165, 1.54) is 0 Å². The van der Waals surface area contributed by atoms with Crippen LogP contribution in [-0.2, 0) is 17.8 Å². The van der Waals surface area contributed by atoms with Crippen LogP contribution in [0.4, 0.5) is 10.5 Å². The van der Waals surface area contributed by atoms with Gasteiger partial charge in [-0.05, 0) is 60.5 Å². The molecule has 1 saturated heterocycles. The van der Waals surface area contributed by atoms with Gasteiger partial charge in [0.15, 0.2) is 0 Å². The molecule has 1 aliphatic heterocycles. The molecule has 0 saturated carbocycles. The van der Waals surface area contributed by atoms with Gasteiger partial charge < -0.3 is 4.90 Å². The van der Waals surface area contributed by atoms with E-state index in [1.54, 1.807) is 54.3 Å². The number of benzene rings is 3. The number of halogens is 3. The van der Waals surface area contributed by atoms with Crippen molar-refractivity contribution in [2.24, 2.45) is 0 Å². The minimum absolute atomic E-state index is 0.202. The fraction of sp³-hybridized carbons (Fsp3) is 0.160. The molecule has 3 amide bonds. The third kappa shape index (κ3) is 4.63. The van der Waals surface area contributed by atoms with Crippen LogP contribution >= 0.6 is 39.1 Å². The number of rotatable bonds is 5. The summed E-state index contributed by atoms with van der Waals surface area (Å²) in [5.74, 6) is -0.359. The normalized spacial score (nSPS) is 18.0. The van der Waals surface area contributed by atoms with Crippen molar-refractivity contribution in [1.29, 1.82) is 5.26 Å². The second-order valence-corrected chi connectivity index (χ2v) is 9.81. The van der Waals surface area contributed by atoms with Crippen LogP contribution in [0.1, 0.15) is 23.6 Å². The summed E-state index contributed by atoms with van der Waals surface area (Å²) in [4.78, 5) is 30.1. The van der Waals surface area contributed by atoms with E-state index < -0.39 is 11.6 Å². The van der Waals surface area contributed by atoms with Crippen molar-refractivity contribution >= 4 is 56.8 Å².